The Balaban J connectivity index is 1.56. The number of anilines is 1. The zero-order chi connectivity index (χ0) is 19.1. The van der Waals surface area contributed by atoms with Gasteiger partial charge in [0, 0.05) is 12.0 Å². The van der Waals surface area contributed by atoms with Crippen LogP contribution in [0.2, 0.25) is 0 Å². The molecule has 0 aliphatic rings. The number of rotatable bonds is 8. The number of hydrogen-bond acceptors (Lipinski definition) is 6. The quantitative estimate of drug-likeness (QED) is 0.653. The maximum absolute atomic E-state index is 12.1. The minimum absolute atomic E-state index is 0.111. The van der Waals surface area contributed by atoms with Crippen molar-refractivity contribution < 1.29 is 18.7 Å². The standard InChI is InChI=1S/C20H21N3O4/c1-3-19-22-23-20(27-19)14-9-11-15(12-10-14)26-13-18(24)21-16-7-5-6-8-17(16)25-4-2/h5-12H,3-4,13H2,1-2H3,(H,21,24). The van der Waals surface area contributed by atoms with Gasteiger partial charge in [0.15, 0.2) is 6.61 Å². The SMILES string of the molecule is CCOc1ccccc1NC(=O)COc1ccc(-c2nnc(CC)o2)cc1. The lowest BCUT2D eigenvalue weighted by molar-refractivity contribution is -0.118. The number of aryl methyl sites for hydroxylation is 1. The number of nitrogens with one attached hydrogen (secondary N) is 1. The van der Waals surface area contributed by atoms with Crippen molar-refractivity contribution in [2.45, 2.75) is 20.3 Å². The second-order valence-electron chi connectivity index (χ2n) is 5.64. The van der Waals surface area contributed by atoms with Crippen LogP contribution in [0.5, 0.6) is 11.5 Å². The highest BCUT2D eigenvalue weighted by Crippen LogP contribution is 2.24. The minimum atomic E-state index is -0.268. The Kier molecular flexibility index (Phi) is 6.04. The molecule has 0 aliphatic carbocycles. The Morgan fingerprint density at radius 2 is 1.81 bits per heavy atom. The first kappa shape index (κ1) is 18.4. The highest BCUT2D eigenvalue weighted by molar-refractivity contribution is 5.93. The van der Waals surface area contributed by atoms with Gasteiger partial charge in [0.2, 0.25) is 11.8 Å². The summed E-state index contributed by atoms with van der Waals surface area (Å²) in [5, 5.41) is 10.7. The van der Waals surface area contributed by atoms with Gasteiger partial charge < -0.3 is 19.2 Å². The minimum Gasteiger partial charge on any atom is -0.492 e. The Labute approximate surface area is 157 Å². The number of carbonyl (C=O) groups excluding carboxylic acids is 1. The fourth-order valence-corrected chi connectivity index (χ4v) is 2.39. The van der Waals surface area contributed by atoms with E-state index in [4.69, 9.17) is 13.9 Å². The molecular formula is C20H21N3O4. The number of benzene rings is 2. The number of para-hydroxylation sites is 2. The summed E-state index contributed by atoms with van der Waals surface area (Å²) >= 11 is 0. The van der Waals surface area contributed by atoms with E-state index < -0.39 is 0 Å². The molecule has 0 fully saturated rings. The van der Waals surface area contributed by atoms with Crippen LogP contribution in [0.15, 0.2) is 52.9 Å². The zero-order valence-electron chi connectivity index (χ0n) is 15.3. The largest absolute Gasteiger partial charge is 0.492 e. The van der Waals surface area contributed by atoms with E-state index in [0.29, 0.717) is 42.0 Å². The summed E-state index contributed by atoms with van der Waals surface area (Å²) in [6.07, 6.45) is 0.690. The van der Waals surface area contributed by atoms with Crippen molar-refractivity contribution in [3.63, 3.8) is 0 Å². The van der Waals surface area contributed by atoms with Gasteiger partial charge in [-0.05, 0) is 43.3 Å². The van der Waals surface area contributed by atoms with Crippen LogP contribution in [0, 0.1) is 0 Å². The molecule has 1 heterocycles. The summed E-state index contributed by atoms with van der Waals surface area (Å²) in [5.41, 5.74) is 1.41. The molecule has 1 aromatic heterocycles. The van der Waals surface area contributed by atoms with E-state index in [0.717, 1.165) is 5.56 Å². The molecule has 0 saturated heterocycles. The van der Waals surface area contributed by atoms with Gasteiger partial charge >= 0.3 is 0 Å². The predicted molar refractivity (Wildman–Crippen MR) is 101 cm³/mol. The third kappa shape index (κ3) is 4.84. The summed E-state index contributed by atoms with van der Waals surface area (Å²) in [6.45, 7) is 4.25. The lowest BCUT2D eigenvalue weighted by Crippen LogP contribution is -2.20. The Bertz CT molecular complexity index is 890. The van der Waals surface area contributed by atoms with E-state index >= 15 is 0 Å². The highest BCUT2D eigenvalue weighted by atomic mass is 16.5. The van der Waals surface area contributed by atoms with E-state index in [1.165, 1.54) is 0 Å². The van der Waals surface area contributed by atoms with Gasteiger partial charge in [0.05, 0.1) is 12.3 Å². The average Bonchev–Trinajstić information content (AvgIpc) is 3.18. The third-order valence-electron chi connectivity index (χ3n) is 3.70. The van der Waals surface area contributed by atoms with Gasteiger partial charge in [-0.2, -0.15) is 0 Å². The molecule has 0 saturated carbocycles. The first-order valence-corrected chi connectivity index (χ1v) is 8.77. The van der Waals surface area contributed by atoms with Crippen LogP contribution >= 0.6 is 0 Å². The molecule has 2 aromatic carbocycles. The number of amides is 1. The molecule has 0 bridgehead atoms. The van der Waals surface area contributed by atoms with E-state index in [-0.39, 0.29) is 12.5 Å². The Hall–Kier alpha value is -3.35. The van der Waals surface area contributed by atoms with Crippen LogP contribution < -0.4 is 14.8 Å². The smallest absolute Gasteiger partial charge is 0.262 e. The van der Waals surface area contributed by atoms with Crippen LogP contribution in [0.4, 0.5) is 5.69 Å². The number of nitrogens with zero attached hydrogens (tertiary/aromatic N) is 2. The molecule has 7 nitrogen and oxygen atoms in total. The molecule has 27 heavy (non-hydrogen) atoms. The first-order chi connectivity index (χ1) is 13.2. The van der Waals surface area contributed by atoms with Crippen LogP contribution in [0.1, 0.15) is 19.7 Å². The molecule has 1 amide bonds. The second kappa shape index (κ2) is 8.84. The zero-order valence-corrected chi connectivity index (χ0v) is 15.3. The fraction of sp³-hybridized carbons (Fsp3) is 0.250. The van der Waals surface area contributed by atoms with Crippen molar-refractivity contribution in [1.82, 2.24) is 10.2 Å². The van der Waals surface area contributed by atoms with Gasteiger partial charge in [-0.15, -0.1) is 10.2 Å². The maximum atomic E-state index is 12.1. The lowest BCUT2D eigenvalue weighted by Gasteiger charge is -2.11. The van der Waals surface area contributed by atoms with Crippen LogP contribution in [-0.4, -0.2) is 29.3 Å². The molecule has 1 N–H and O–H groups in total. The van der Waals surface area contributed by atoms with E-state index in [2.05, 4.69) is 15.5 Å². The molecule has 3 aromatic rings. The molecule has 140 valence electrons. The van der Waals surface area contributed by atoms with Crippen LogP contribution in [0.3, 0.4) is 0 Å². The molecular weight excluding hydrogens is 346 g/mol. The van der Waals surface area contributed by atoms with Crippen molar-refractivity contribution in [1.29, 1.82) is 0 Å². The van der Waals surface area contributed by atoms with Crippen LogP contribution in [-0.2, 0) is 11.2 Å². The molecule has 0 aliphatic heterocycles. The topological polar surface area (TPSA) is 86.5 Å². The van der Waals surface area contributed by atoms with Gasteiger partial charge in [-0.25, -0.2) is 0 Å². The second-order valence-corrected chi connectivity index (χ2v) is 5.64. The summed E-state index contributed by atoms with van der Waals surface area (Å²) in [6, 6.07) is 14.4. The highest BCUT2D eigenvalue weighted by Gasteiger charge is 2.10. The number of ether oxygens (including phenoxy) is 2. The van der Waals surface area contributed by atoms with Gasteiger partial charge in [0.25, 0.3) is 5.91 Å². The van der Waals surface area contributed by atoms with E-state index in [1.807, 2.05) is 38.1 Å². The summed E-state index contributed by atoms with van der Waals surface area (Å²) < 4.78 is 16.5. The van der Waals surface area contributed by atoms with E-state index in [1.54, 1.807) is 24.3 Å². The Morgan fingerprint density at radius 1 is 1.04 bits per heavy atom. The van der Waals surface area contributed by atoms with Crippen molar-refractivity contribution in [2.75, 3.05) is 18.5 Å². The third-order valence-corrected chi connectivity index (χ3v) is 3.70. The van der Waals surface area contributed by atoms with Crippen LogP contribution in [0.25, 0.3) is 11.5 Å². The van der Waals surface area contributed by atoms with Crippen molar-refractivity contribution >= 4 is 11.6 Å². The summed E-state index contributed by atoms with van der Waals surface area (Å²) in [5.74, 6) is 1.99. The summed E-state index contributed by atoms with van der Waals surface area (Å²) in [7, 11) is 0. The number of carbonyl (C=O) groups is 1. The summed E-state index contributed by atoms with van der Waals surface area (Å²) in [4.78, 5) is 12.1. The Morgan fingerprint density at radius 3 is 2.52 bits per heavy atom. The molecule has 0 spiro atoms. The normalized spacial score (nSPS) is 10.4. The van der Waals surface area contributed by atoms with Gasteiger partial charge in [-0.1, -0.05) is 19.1 Å². The number of aromatic nitrogens is 2. The molecule has 3 rings (SSSR count). The first-order valence-electron chi connectivity index (χ1n) is 8.77. The monoisotopic (exact) mass is 367 g/mol. The predicted octanol–water partition coefficient (Wildman–Crippen LogP) is 3.72. The fourth-order valence-electron chi connectivity index (χ4n) is 2.39. The lowest BCUT2D eigenvalue weighted by atomic mass is 10.2. The maximum Gasteiger partial charge on any atom is 0.262 e. The molecule has 0 unspecified atom stereocenters. The number of hydrogen-bond donors (Lipinski definition) is 1. The van der Waals surface area contributed by atoms with Crippen molar-refractivity contribution in [3.8, 4) is 23.0 Å². The molecule has 0 atom stereocenters. The van der Waals surface area contributed by atoms with Gasteiger partial charge in [-0.3, -0.25) is 4.79 Å². The molecule has 0 radical (unpaired) electrons. The van der Waals surface area contributed by atoms with Crippen molar-refractivity contribution in [3.05, 3.63) is 54.4 Å². The van der Waals surface area contributed by atoms with Gasteiger partial charge in [0.1, 0.15) is 11.5 Å². The van der Waals surface area contributed by atoms with Crippen molar-refractivity contribution in [2.24, 2.45) is 0 Å². The average molecular weight is 367 g/mol. The van der Waals surface area contributed by atoms with E-state index in [9.17, 15) is 4.79 Å². The molecule has 7 heteroatoms.